The Bertz CT molecular complexity index is 292. The molecule has 0 aromatic carbocycles. The number of carbonyl (C=O) groups is 1. The Labute approximate surface area is 77.1 Å². The Kier molecular flexibility index (Phi) is 3.00. The van der Waals surface area contributed by atoms with Gasteiger partial charge in [0, 0.05) is 13.5 Å². The topological polar surface area (TPSA) is 59.8 Å². The summed E-state index contributed by atoms with van der Waals surface area (Å²) in [4.78, 5) is 11.2. The number of nitrogens with one attached hydrogen (secondary N) is 1. The summed E-state index contributed by atoms with van der Waals surface area (Å²) in [5, 5.41) is 10.1. The van der Waals surface area contributed by atoms with Crippen LogP contribution in [0.3, 0.4) is 0 Å². The lowest BCUT2D eigenvalue weighted by atomic mass is 10.1. The van der Waals surface area contributed by atoms with E-state index in [4.69, 9.17) is 0 Å². The lowest BCUT2D eigenvalue weighted by Crippen LogP contribution is -2.13. The summed E-state index contributed by atoms with van der Waals surface area (Å²) in [7, 11) is 1.76. The maximum absolute atomic E-state index is 11.2. The zero-order valence-electron chi connectivity index (χ0n) is 8.11. The molecule has 0 radical (unpaired) electrons. The van der Waals surface area contributed by atoms with E-state index >= 15 is 0 Å². The molecule has 0 saturated heterocycles. The molecule has 72 valence electrons. The number of rotatable bonds is 3. The number of aryl methyl sites for hydroxylation is 1. The zero-order valence-corrected chi connectivity index (χ0v) is 8.11. The Balaban J connectivity index is 2.45. The fraction of sp³-hybridized carbons (Fsp3) is 0.625. The molecule has 0 bridgehead atoms. The van der Waals surface area contributed by atoms with Crippen molar-refractivity contribution >= 4 is 11.7 Å². The predicted octanol–water partition coefficient (Wildman–Crippen LogP) is 0.800. The minimum Gasteiger partial charge on any atom is -0.308 e. The molecular weight excluding hydrogens is 168 g/mol. The van der Waals surface area contributed by atoms with E-state index in [9.17, 15) is 4.79 Å². The van der Waals surface area contributed by atoms with Gasteiger partial charge in [-0.15, -0.1) is 5.10 Å². The summed E-state index contributed by atoms with van der Waals surface area (Å²) in [6.07, 6.45) is 2.18. The molecule has 13 heavy (non-hydrogen) atoms. The highest BCUT2D eigenvalue weighted by Crippen LogP contribution is 2.03. The number of anilines is 1. The van der Waals surface area contributed by atoms with Crippen LogP contribution in [0.25, 0.3) is 0 Å². The first-order valence-corrected chi connectivity index (χ1v) is 4.24. The molecule has 5 nitrogen and oxygen atoms in total. The molecule has 1 aromatic rings. The van der Waals surface area contributed by atoms with Gasteiger partial charge in [0.15, 0.2) is 5.82 Å². The predicted molar refractivity (Wildman–Crippen MR) is 49.1 cm³/mol. The highest BCUT2D eigenvalue weighted by molar-refractivity contribution is 5.89. The molecule has 0 fully saturated rings. The monoisotopic (exact) mass is 182 g/mol. The summed E-state index contributed by atoms with van der Waals surface area (Å²) >= 11 is 0. The number of nitrogens with zero attached hydrogens (tertiary/aromatic N) is 3. The van der Waals surface area contributed by atoms with Crippen LogP contribution >= 0.6 is 0 Å². The third-order valence-electron chi connectivity index (χ3n) is 1.46. The normalized spacial score (nSPS) is 10.5. The number of aromatic nitrogens is 3. The van der Waals surface area contributed by atoms with Crippen molar-refractivity contribution in [1.29, 1.82) is 0 Å². The van der Waals surface area contributed by atoms with E-state index in [-0.39, 0.29) is 5.91 Å². The molecule has 1 heterocycles. The van der Waals surface area contributed by atoms with E-state index in [1.54, 1.807) is 17.9 Å². The SMILES string of the molecule is CC(C)CC(=O)Nc1cn(C)nn1. The molecule has 0 aliphatic rings. The zero-order chi connectivity index (χ0) is 9.84. The lowest BCUT2D eigenvalue weighted by molar-refractivity contribution is -0.116. The summed E-state index contributed by atoms with van der Waals surface area (Å²) in [5.74, 6) is 0.848. The van der Waals surface area contributed by atoms with E-state index in [0.717, 1.165) is 0 Å². The van der Waals surface area contributed by atoms with Crippen LogP contribution in [0.5, 0.6) is 0 Å². The first kappa shape index (κ1) is 9.70. The average Bonchev–Trinajstić information content (AvgIpc) is 2.33. The van der Waals surface area contributed by atoms with Crippen molar-refractivity contribution in [3.63, 3.8) is 0 Å². The van der Waals surface area contributed by atoms with Gasteiger partial charge in [-0.1, -0.05) is 19.1 Å². The number of hydrogen-bond acceptors (Lipinski definition) is 3. The highest BCUT2D eigenvalue weighted by Gasteiger charge is 2.06. The maximum Gasteiger partial charge on any atom is 0.225 e. The summed E-state index contributed by atoms with van der Waals surface area (Å²) in [5.41, 5.74) is 0. The van der Waals surface area contributed by atoms with Crippen LogP contribution in [-0.4, -0.2) is 20.9 Å². The quantitative estimate of drug-likeness (QED) is 0.752. The van der Waals surface area contributed by atoms with Crippen LogP contribution in [0.2, 0.25) is 0 Å². The van der Waals surface area contributed by atoms with Crippen molar-refractivity contribution in [2.75, 3.05) is 5.32 Å². The van der Waals surface area contributed by atoms with Gasteiger partial charge < -0.3 is 5.32 Å². The average molecular weight is 182 g/mol. The van der Waals surface area contributed by atoms with Crippen molar-refractivity contribution in [2.45, 2.75) is 20.3 Å². The molecule has 1 N–H and O–H groups in total. The van der Waals surface area contributed by atoms with Gasteiger partial charge in [0.05, 0.1) is 6.20 Å². The summed E-state index contributed by atoms with van der Waals surface area (Å²) < 4.78 is 1.55. The first-order chi connectivity index (χ1) is 6.08. The van der Waals surface area contributed by atoms with Crippen molar-refractivity contribution < 1.29 is 4.79 Å². The van der Waals surface area contributed by atoms with E-state index in [0.29, 0.717) is 18.2 Å². The van der Waals surface area contributed by atoms with Gasteiger partial charge in [0.1, 0.15) is 0 Å². The van der Waals surface area contributed by atoms with E-state index in [1.165, 1.54) is 0 Å². The van der Waals surface area contributed by atoms with Crippen LogP contribution in [0.1, 0.15) is 20.3 Å². The molecule has 1 aromatic heterocycles. The van der Waals surface area contributed by atoms with Gasteiger partial charge in [-0.3, -0.25) is 9.48 Å². The molecule has 1 amide bonds. The van der Waals surface area contributed by atoms with Crippen molar-refractivity contribution in [2.24, 2.45) is 13.0 Å². The van der Waals surface area contributed by atoms with Gasteiger partial charge in [0.25, 0.3) is 0 Å². The molecule has 1 rings (SSSR count). The fourth-order valence-corrected chi connectivity index (χ4v) is 0.969. The van der Waals surface area contributed by atoms with E-state index in [1.807, 2.05) is 13.8 Å². The van der Waals surface area contributed by atoms with Crippen LogP contribution in [0.15, 0.2) is 6.20 Å². The van der Waals surface area contributed by atoms with Gasteiger partial charge in [-0.2, -0.15) is 0 Å². The van der Waals surface area contributed by atoms with E-state index < -0.39 is 0 Å². The molecular formula is C8H14N4O. The highest BCUT2D eigenvalue weighted by atomic mass is 16.1. The molecule has 0 saturated carbocycles. The second kappa shape index (κ2) is 4.02. The van der Waals surface area contributed by atoms with Crippen LogP contribution in [-0.2, 0) is 11.8 Å². The fourth-order valence-electron chi connectivity index (χ4n) is 0.969. The Hall–Kier alpha value is -1.39. The van der Waals surface area contributed by atoms with Crippen molar-refractivity contribution in [3.8, 4) is 0 Å². The molecule has 5 heteroatoms. The Morgan fingerprint density at radius 3 is 2.85 bits per heavy atom. The first-order valence-electron chi connectivity index (χ1n) is 4.24. The standard InChI is InChI=1S/C8H14N4O/c1-6(2)4-8(13)9-7-5-12(3)11-10-7/h5-6H,4H2,1-3H3,(H,9,13). The minimum atomic E-state index is -0.0181. The lowest BCUT2D eigenvalue weighted by Gasteiger charge is -2.02. The largest absolute Gasteiger partial charge is 0.308 e. The number of hydrogen-bond donors (Lipinski definition) is 1. The second-order valence-corrected chi connectivity index (χ2v) is 3.42. The van der Waals surface area contributed by atoms with E-state index in [2.05, 4.69) is 15.6 Å². The molecule has 0 spiro atoms. The van der Waals surface area contributed by atoms with Gasteiger partial charge in [-0.25, -0.2) is 0 Å². The Morgan fingerprint density at radius 1 is 1.69 bits per heavy atom. The second-order valence-electron chi connectivity index (χ2n) is 3.42. The molecule has 0 atom stereocenters. The third-order valence-corrected chi connectivity index (χ3v) is 1.46. The van der Waals surface area contributed by atoms with Crippen LogP contribution in [0.4, 0.5) is 5.82 Å². The maximum atomic E-state index is 11.2. The molecule has 0 unspecified atom stereocenters. The summed E-state index contributed by atoms with van der Waals surface area (Å²) in [6, 6.07) is 0. The Morgan fingerprint density at radius 2 is 2.38 bits per heavy atom. The van der Waals surface area contributed by atoms with Crippen molar-refractivity contribution in [1.82, 2.24) is 15.0 Å². The van der Waals surface area contributed by atoms with Crippen LogP contribution in [0, 0.1) is 5.92 Å². The van der Waals surface area contributed by atoms with Gasteiger partial charge >= 0.3 is 0 Å². The minimum absolute atomic E-state index is 0.0181. The van der Waals surface area contributed by atoms with Gasteiger partial charge in [0.2, 0.25) is 5.91 Å². The number of carbonyl (C=O) groups excluding carboxylic acids is 1. The molecule has 0 aliphatic carbocycles. The van der Waals surface area contributed by atoms with Crippen LogP contribution < -0.4 is 5.32 Å². The summed E-state index contributed by atoms with van der Waals surface area (Å²) in [6.45, 7) is 3.99. The smallest absolute Gasteiger partial charge is 0.225 e. The van der Waals surface area contributed by atoms with Crippen molar-refractivity contribution in [3.05, 3.63) is 6.20 Å². The number of amides is 1. The van der Waals surface area contributed by atoms with Gasteiger partial charge in [-0.05, 0) is 5.92 Å². The third kappa shape index (κ3) is 3.23. The molecule has 0 aliphatic heterocycles.